The maximum atomic E-state index is 12.0. The van der Waals surface area contributed by atoms with E-state index in [0.717, 1.165) is 43.3 Å². The average Bonchev–Trinajstić information content (AvgIpc) is 2.86. The molecule has 3 rings (SSSR count). The summed E-state index contributed by atoms with van der Waals surface area (Å²) >= 11 is 1.47. The van der Waals surface area contributed by atoms with E-state index in [1.54, 1.807) is 16.7 Å². The van der Waals surface area contributed by atoms with Gasteiger partial charge in [0.2, 0.25) is 5.91 Å². The fraction of sp³-hybridized carbons (Fsp3) is 0.533. The Morgan fingerprint density at radius 2 is 2.18 bits per heavy atom. The third kappa shape index (κ3) is 3.20. The fourth-order valence-corrected chi connectivity index (χ4v) is 3.54. The highest BCUT2D eigenvalue weighted by Gasteiger charge is 2.18. The Morgan fingerprint density at radius 3 is 3.00 bits per heavy atom. The van der Waals surface area contributed by atoms with Crippen molar-refractivity contribution < 1.29 is 4.79 Å². The second-order valence-electron chi connectivity index (χ2n) is 5.51. The molecule has 118 valence electrons. The molecule has 0 unspecified atom stereocenters. The van der Waals surface area contributed by atoms with Gasteiger partial charge in [-0.2, -0.15) is 0 Å². The Labute approximate surface area is 133 Å². The van der Waals surface area contributed by atoms with Crippen molar-refractivity contribution in [2.45, 2.75) is 26.3 Å². The highest BCUT2D eigenvalue weighted by Crippen LogP contribution is 2.11. The number of carbonyl (C=O) groups is 1. The van der Waals surface area contributed by atoms with Crippen LogP contribution >= 0.6 is 11.3 Å². The van der Waals surface area contributed by atoms with E-state index in [1.807, 2.05) is 17.2 Å². The molecule has 22 heavy (non-hydrogen) atoms. The van der Waals surface area contributed by atoms with Crippen LogP contribution in [0.2, 0.25) is 0 Å². The van der Waals surface area contributed by atoms with Gasteiger partial charge < -0.3 is 4.90 Å². The maximum Gasteiger partial charge on any atom is 0.258 e. The number of rotatable bonds is 3. The van der Waals surface area contributed by atoms with E-state index in [0.29, 0.717) is 13.0 Å². The molecule has 2 aromatic heterocycles. The molecule has 1 aliphatic heterocycles. The first-order chi connectivity index (χ1) is 10.7. The van der Waals surface area contributed by atoms with Crippen molar-refractivity contribution in [1.29, 1.82) is 0 Å². The van der Waals surface area contributed by atoms with Crippen molar-refractivity contribution in [1.82, 2.24) is 19.2 Å². The number of nitrogens with zero attached hydrogens (tertiary/aromatic N) is 4. The molecule has 0 bridgehead atoms. The van der Waals surface area contributed by atoms with Crippen LogP contribution < -0.4 is 5.56 Å². The Morgan fingerprint density at radius 1 is 1.32 bits per heavy atom. The first-order valence-corrected chi connectivity index (χ1v) is 8.51. The molecule has 1 amide bonds. The second-order valence-corrected chi connectivity index (χ2v) is 6.38. The predicted octanol–water partition coefficient (Wildman–Crippen LogP) is 1.20. The summed E-state index contributed by atoms with van der Waals surface area (Å²) in [6.07, 6.45) is 3.28. The molecule has 1 saturated heterocycles. The maximum absolute atomic E-state index is 12.0. The third-order valence-electron chi connectivity index (χ3n) is 3.99. The molecular weight excluding hydrogens is 300 g/mol. The van der Waals surface area contributed by atoms with Gasteiger partial charge >= 0.3 is 0 Å². The van der Waals surface area contributed by atoms with Crippen LogP contribution in [0.25, 0.3) is 4.96 Å². The smallest absolute Gasteiger partial charge is 0.258 e. The van der Waals surface area contributed by atoms with Gasteiger partial charge in [-0.1, -0.05) is 6.92 Å². The zero-order valence-electron chi connectivity index (χ0n) is 12.7. The molecule has 6 nitrogen and oxygen atoms in total. The minimum Gasteiger partial charge on any atom is -0.341 e. The molecule has 1 fully saturated rings. The van der Waals surface area contributed by atoms with Crippen LogP contribution in [0.5, 0.6) is 0 Å². The number of thiazole rings is 1. The molecule has 7 heteroatoms. The van der Waals surface area contributed by atoms with Crippen LogP contribution in [-0.4, -0.2) is 51.3 Å². The van der Waals surface area contributed by atoms with Gasteiger partial charge in [0.05, 0.1) is 5.69 Å². The molecule has 0 aromatic carbocycles. The molecule has 0 atom stereocenters. The largest absolute Gasteiger partial charge is 0.341 e. The molecule has 1 aliphatic rings. The molecule has 0 N–H and O–H groups in total. The summed E-state index contributed by atoms with van der Waals surface area (Å²) in [7, 11) is 0. The second kappa shape index (κ2) is 6.58. The van der Waals surface area contributed by atoms with Gasteiger partial charge in [0.15, 0.2) is 4.96 Å². The minimum atomic E-state index is -0.0288. The lowest BCUT2D eigenvalue weighted by Gasteiger charge is -2.21. The van der Waals surface area contributed by atoms with Gasteiger partial charge in [-0.25, -0.2) is 4.98 Å². The summed E-state index contributed by atoms with van der Waals surface area (Å²) in [4.78, 5) is 33.3. The van der Waals surface area contributed by atoms with Crippen molar-refractivity contribution in [3.63, 3.8) is 0 Å². The van der Waals surface area contributed by atoms with E-state index in [1.165, 1.54) is 11.3 Å². The van der Waals surface area contributed by atoms with E-state index in [-0.39, 0.29) is 11.5 Å². The fourth-order valence-electron chi connectivity index (χ4n) is 2.80. The van der Waals surface area contributed by atoms with E-state index in [2.05, 4.69) is 9.88 Å². The van der Waals surface area contributed by atoms with Crippen LogP contribution in [0.4, 0.5) is 0 Å². The van der Waals surface area contributed by atoms with E-state index < -0.39 is 0 Å². The molecule has 0 spiro atoms. The minimum absolute atomic E-state index is 0.0288. The molecule has 0 saturated carbocycles. The lowest BCUT2D eigenvalue weighted by molar-refractivity contribution is -0.130. The van der Waals surface area contributed by atoms with Gasteiger partial charge in [-0.3, -0.25) is 18.9 Å². The van der Waals surface area contributed by atoms with Crippen molar-refractivity contribution in [2.24, 2.45) is 0 Å². The molecule has 3 heterocycles. The normalized spacial score (nSPS) is 16.9. The average molecular weight is 320 g/mol. The quantitative estimate of drug-likeness (QED) is 0.853. The van der Waals surface area contributed by atoms with Crippen LogP contribution in [0.1, 0.15) is 25.5 Å². The number of hydrogen-bond donors (Lipinski definition) is 0. The van der Waals surface area contributed by atoms with Crippen molar-refractivity contribution in [3.8, 4) is 0 Å². The Bertz CT molecular complexity index is 724. The van der Waals surface area contributed by atoms with Gasteiger partial charge in [0.1, 0.15) is 0 Å². The van der Waals surface area contributed by atoms with Crippen LogP contribution in [0, 0.1) is 0 Å². The van der Waals surface area contributed by atoms with E-state index in [9.17, 15) is 9.59 Å². The number of amides is 1. The van der Waals surface area contributed by atoms with Crippen LogP contribution in [0.3, 0.4) is 0 Å². The van der Waals surface area contributed by atoms with E-state index in [4.69, 9.17) is 0 Å². The summed E-state index contributed by atoms with van der Waals surface area (Å²) < 4.78 is 1.57. The van der Waals surface area contributed by atoms with Crippen molar-refractivity contribution in [3.05, 3.63) is 33.7 Å². The SMILES string of the molecule is CCC(=O)N1CCCN(Cc2cc(=O)n3ccsc3n2)CC1. The predicted molar refractivity (Wildman–Crippen MR) is 86.1 cm³/mol. The Kier molecular flexibility index (Phi) is 4.54. The van der Waals surface area contributed by atoms with Gasteiger partial charge in [-0.05, 0) is 6.42 Å². The summed E-state index contributed by atoms with van der Waals surface area (Å²) in [5.41, 5.74) is 0.779. The van der Waals surface area contributed by atoms with Gasteiger partial charge in [-0.15, -0.1) is 11.3 Å². The monoisotopic (exact) mass is 320 g/mol. The van der Waals surface area contributed by atoms with E-state index >= 15 is 0 Å². The Balaban J connectivity index is 1.69. The van der Waals surface area contributed by atoms with Gasteiger partial charge in [0, 0.05) is 56.8 Å². The molecule has 0 radical (unpaired) electrons. The first-order valence-electron chi connectivity index (χ1n) is 7.63. The molecular formula is C15H20N4O2S. The summed E-state index contributed by atoms with van der Waals surface area (Å²) in [6, 6.07) is 1.61. The highest BCUT2D eigenvalue weighted by atomic mass is 32.1. The zero-order chi connectivity index (χ0) is 15.5. The summed E-state index contributed by atoms with van der Waals surface area (Å²) in [5, 5.41) is 1.87. The number of hydrogen-bond acceptors (Lipinski definition) is 5. The molecule has 2 aromatic rings. The first kappa shape index (κ1) is 15.2. The number of aromatic nitrogens is 2. The standard InChI is InChI=1S/C15H20N4O2S/c1-2-13(20)18-5-3-4-17(6-7-18)11-12-10-14(21)19-8-9-22-15(19)16-12/h8-10H,2-7,11H2,1H3. The lowest BCUT2D eigenvalue weighted by atomic mass is 10.3. The number of carbonyl (C=O) groups excluding carboxylic acids is 1. The van der Waals surface area contributed by atoms with Crippen molar-refractivity contribution in [2.75, 3.05) is 26.2 Å². The highest BCUT2D eigenvalue weighted by molar-refractivity contribution is 7.15. The van der Waals surface area contributed by atoms with Crippen LogP contribution in [-0.2, 0) is 11.3 Å². The number of fused-ring (bicyclic) bond motifs is 1. The Hall–Kier alpha value is -1.73. The van der Waals surface area contributed by atoms with Gasteiger partial charge in [0.25, 0.3) is 5.56 Å². The van der Waals surface area contributed by atoms with Crippen molar-refractivity contribution >= 4 is 22.2 Å². The topological polar surface area (TPSA) is 57.9 Å². The lowest BCUT2D eigenvalue weighted by Crippen LogP contribution is -2.34. The zero-order valence-corrected chi connectivity index (χ0v) is 13.5. The summed E-state index contributed by atoms with van der Waals surface area (Å²) in [5.74, 6) is 0.221. The third-order valence-corrected chi connectivity index (χ3v) is 4.74. The van der Waals surface area contributed by atoms with Crippen LogP contribution in [0.15, 0.2) is 22.4 Å². The molecule has 0 aliphatic carbocycles. The summed E-state index contributed by atoms with van der Waals surface area (Å²) in [6.45, 7) is 5.91.